The first-order chi connectivity index (χ1) is 10.8. The molecule has 0 radical (unpaired) electrons. The van der Waals surface area contributed by atoms with E-state index in [1.54, 1.807) is 0 Å². The maximum Gasteiger partial charge on any atom is 0.226 e. The number of hydrogen-bond donors (Lipinski definition) is 1. The minimum absolute atomic E-state index is 0.112. The molecule has 0 aromatic carbocycles. The van der Waals surface area contributed by atoms with Gasteiger partial charge in [0, 0.05) is 38.0 Å². The van der Waals surface area contributed by atoms with Gasteiger partial charge in [-0.2, -0.15) is 0 Å². The lowest BCUT2D eigenvalue weighted by atomic mass is 9.90. The fourth-order valence-electron chi connectivity index (χ4n) is 3.80. The normalized spacial score (nSPS) is 28.0. The van der Waals surface area contributed by atoms with Gasteiger partial charge in [-0.05, 0) is 38.8 Å². The van der Waals surface area contributed by atoms with Gasteiger partial charge in [0.15, 0.2) is 0 Å². The number of ether oxygens (including phenoxy) is 1. The fraction of sp³-hybridized carbons (Fsp3) is 0.875. The van der Waals surface area contributed by atoms with E-state index in [9.17, 15) is 9.59 Å². The van der Waals surface area contributed by atoms with E-state index < -0.39 is 0 Å². The van der Waals surface area contributed by atoms with Crippen molar-refractivity contribution in [2.45, 2.75) is 38.1 Å². The Bertz CT molecular complexity index is 403. The Hall–Kier alpha value is -1.14. The van der Waals surface area contributed by atoms with Crippen LogP contribution in [0.5, 0.6) is 0 Å². The number of piperidine rings is 2. The van der Waals surface area contributed by atoms with Crippen molar-refractivity contribution >= 4 is 11.8 Å². The smallest absolute Gasteiger partial charge is 0.226 e. The third kappa shape index (κ3) is 3.60. The number of morpholine rings is 1. The molecular formula is C16H27N3O3. The summed E-state index contributed by atoms with van der Waals surface area (Å²) in [6.45, 7) is 5.41. The molecule has 3 rings (SSSR count). The molecule has 1 atom stereocenters. The third-order valence-electron chi connectivity index (χ3n) is 5.12. The van der Waals surface area contributed by atoms with Gasteiger partial charge in [0.1, 0.15) is 0 Å². The summed E-state index contributed by atoms with van der Waals surface area (Å²) >= 11 is 0. The molecule has 3 fully saturated rings. The van der Waals surface area contributed by atoms with E-state index >= 15 is 0 Å². The molecule has 0 aromatic rings. The number of hydrogen-bond acceptors (Lipinski definition) is 4. The van der Waals surface area contributed by atoms with E-state index in [1.807, 2.05) is 4.90 Å². The maximum absolute atomic E-state index is 12.8. The van der Waals surface area contributed by atoms with E-state index in [4.69, 9.17) is 4.74 Å². The van der Waals surface area contributed by atoms with Gasteiger partial charge >= 0.3 is 0 Å². The summed E-state index contributed by atoms with van der Waals surface area (Å²) in [5.41, 5.74) is 0. The molecule has 0 aromatic heterocycles. The second-order valence-electron chi connectivity index (χ2n) is 6.55. The zero-order chi connectivity index (χ0) is 15.4. The molecule has 1 unspecified atom stereocenters. The average Bonchev–Trinajstić information content (AvgIpc) is 2.58. The first-order valence-corrected chi connectivity index (χ1v) is 8.62. The van der Waals surface area contributed by atoms with Crippen LogP contribution in [0.1, 0.15) is 32.1 Å². The van der Waals surface area contributed by atoms with Crippen molar-refractivity contribution in [1.82, 2.24) is 15.1 Å². The van der Waals surface area contributed by atoms with Gasteiger partial charge in [-0.1, -0.05) is 0 Å². The Morgan fingerprint density at radius 1 is 1.14 bits per heavy atom. The first-order valence-electron chi connectivity index (χ1n) is 8.62. The SMILES string of the molecule is O=C(CC1CCCN(C2CCNCC2)C1=O)N1CCOCC1. The van der Waals surface area contributed by atoms with Gasteiger partial charge in [0.2, 0.25) is 11.8 Å². The Kier molecular flexibility index (Phi) is 5.31. The van der Waals surface area contributed by atoms with E-state index in [-0.39, 0.29) is 17.7 Å². The summed E-state index contributed by atoms with van der Waals surface area (Å²) in [7, 11) is 0. The highest BCUT2D eigenvalue weighted by atomic mass is 16.5. The summed E-state index contributed by atoms with van der Waals surface area (Å²) in [5.74, 6) is 0.215. The van der Waals surface area contributed by atoms with E-state index in [2.05, 4.69) is 10.2 Å². The van der Waals surface area contributed by atoms with Gasteiger partial charge in [0.05, 0.1) is 13.2 Å². The van der Waals surface area contributed by atoms with Gasteiger partial charge < -0.3 is 19.9 Å². The van der Waals surface area contributed by atoms with Crippen LogP contribution in [-0.2, 0) is 14.3 Å². The van der Waals surface area contributed by atoms with Crippen molar-refractivity contribution in [2.24, 2.45) is 5.92 Å². The van der Waals surface area contributed by atoms with E-state index in [0.29, 0.717) is 38.8 Å². The second kappa shape index (κ2) is 7.42. The Balaban J connectivity index is 1.56. The minimum atomic E-state index is -0.112. The molecule has 124 valence electrons. The summed E-state index contributed by atoms with van der Waals surface area (Å²) in [4.78, 5) is 29.0. The van der Waals surface area contributed by atoms with Crippen LogP contribution in [0, 0.1) is 5.92 Å². The monoisotopic (exact) mass is 309 g/mol. The zero-order valence-corrected chi connectivity index (χ0v) is 13.3. The van der Waals surface area contributed by atoms with Crippen LogP contribution in [0.4, 0.5) is 0 Å². The molecule has 3 aliphatic rings. The van der Waals surface area contributed by atoms with E-state index in [0.717, 1.165) is 45.3 Å². The third-order valence-corrected chi connectivity index (χ3v) is 5.12. The Labute approximate surface area is 132 Å². The highest BCUT2D eigenvalue weighted by Gasteiger charge is 2.35. The lowest BCUT2D eigenvalue weighted by Gasteiger charge is -2.40. The summed E-state index contributed by atoms with van der Waals surface area (Å²) < 4.78 is 5.28. The Morgan fingerprint density at radius 2 is 1.86 bits per heavy atom. The largest absolute Gasteiger partial charge is 0.378 e. The van der Waals surface area contributed by atoms with E-state index in [1.165, 1.54) is 0 Å². The van der Waals surface area contributed by atoms with Crippen molar-refractivity contribution in [3.8, 4) is 0 Å². The molecular weight excluding hydrogens is 282 g/mol. The number of nitrogens with one attached hydrogen (secondary N) is 1. The molecule has 3 saturated heterocycles. The van der Waals surface area contributed by atoms with Gasteiger partial charge in [0.25, 0.3) is 0 Å². The predicted octanol–water partition coefficient (Wildman–Crippen LogP) is 0.226. The molecule has 6 nitrogen and oxygen atoms in total. The van der Waals surface area contributed by atoms with Gasteiger partial charge in [-0.3, -0.25) is 9.59 Å². The molecule has 3 aliphatic heterocycles. The van der Waals surface area contributed by atoms with Crippen LogP contribution in [0.25, 0.3) is 0 Å². The molecule has 22 heavy (non-hydrogen) atoms. The molecule has 0 bridgehead atoms. The lowest BCUT2D eigenvalue weighted by molar-refractivity contribution is -0.147. The summed E-state index contributed by atoms with van der Waals surface area (Å²) in [6.07, 6.45) is 4.33. The molecule has 2 amide bonds. The first kappa shape index (κ1) is 15.7. The van der Waals surface area contributed by atoms with Crippen LogP contribution in [0.3, 0.4) is 0 Å². The molecule has 0 aliphatic carbocycles. The van der Waals surface area contributed by atoms with Crippen LogP contribution in [-0.4, -0.2) is 73.6 Å². The quantitative estimate of drug-likeness (QED) is 0.810. The summed E-state index contributed by atoms with van der Waals surface area (Å²) in [5, 5.41) is 3.34. The number of carbonyl (C=O) groups excluding carboxylic acids is 2. The highest BCUT2D eigenvalue weighted by molar-refractivity contribution is 5.86. The van der Waals surface area contributed by atoms with Crippen molar-refractivity contribution in [3.05, 3.63) is 0 Å². The van der Waals surface area contributed by atoms with Gasteiger partial charge in [-0.25, -0.2) is 0 Å². The number of likely N-dealkylation sites (tertiary alicyclic amines) is 1. The van der Waals surface area contributed by atoms with Crippen molar-refractivity contribution in [3.63, 3.8) is 0 Å². The van der Waals surface area contributed by atoms with Crippen molar-refractivity contribution in [2.75, 3.05) is 45.9 Å². The molecule has 6 heteroatoms. The maximum atomic E-state index is 12.8. The second-order valence-corrected chi connectivity index (χ2v) is 6.55. The Morgan fingerprint density at radius 3 is 2.59 bits per heavy atom. The lowest BCUT2D eigenvalue weighted by Crippen LogP contribution is -2.51. The molecule has 0 saturated carbocycles. The fourth-order valence-corrected chi connectivity index (χ4v) is 3.80. The molecule has 0 spiro atoms. The van der Waals surface area contributed by atoms with Crippen LogP contribution in [0.15, 0.2) is 0 Å². The number of carbonyl (C=O) groups is 2. The average molecular weight is 309 g/mol. The number of amides is 2. The molecule has 1 N–H and O–H groups in total. The van der Waals surface area contributed by atoms with Crippen LogP contribution in [0.2, 0.25) is 0 Å². The zero-order valence-electron chi connectivity index (χ0n) is 13.3. The summed E-state index contributed by atoms with van der Waals surface area (Å²) in [6, 6.07) is 0.370. The standard InChI is InChI=1S/C16H27N3O3/c20-15(18-8-10-22-11-9-18)12-13-2-1-7-19(16(13)21)14-3-5-17-6-4-14/h13-14,17H,1-12H2. The van der Waals surface area contributed by atoms with Crippen LogP contribution < -0.4 is 5.32 Å². The highest BCUT2D eigenvalue weighted by Crippen LogP contribution is 2.26. The van der Waals surface area contributed by atoms with Gasteiger partial charge in [-0.15, -0.1) is 0 Å². The van der Waals surface area contributed by atoms with Crippen LogP contribution >= 0.6 is 0 Å². The van der Waals surface area contributed by atoms with Crippen molar-refractivity contribution in [1.29, 1.82) is 0 Å². The topological polar surface area (TPSA) is 61.9 Å². The number of rotatable bonds is 3. The van der Waals surface area contributed by atoms with Crippen molar-refractivity contribution < 1.29 is 14.3 Å². The molecule has 3 heterocycles. The predicted molar refractivity (Wildman–Crippen MR) is 82.3 cm³/mol. The number of nitrogens with zero attached hydrogens (tertiary/aromatic N) is 2. The minimum Gasteiger partial charge on any atom is -0.378 e.